The molecule has 0 spiro atoms. The fourth-order valence-electron chi connectivity index (χ4n) is 0.628. The third kappa shape index (κ3) is 5.13. The van der Waals surface area contributed by atoms with Crippen LogP contribution in [-0.2, 0) is 9.32 Å². The quantitative estimate of drug-likeness (QED) is 0.607. The molecule has 0 aromatic heterocycles. The second kappa shape index (κ2) is 6.53. The number of hydrogen-bond donors (Lipinski definition) is 2. The van der Waals surface area contributed by atoms with Gasteiger partial charge in [-0.25, -0.2) is 4.79 Å². The van der Waals surface area contributed by atoms with Gasteiger partial charge in [0.15, 0.2) is 6.10 Å². The van der Waals surface area contributed by atoms with E-state index in [1.54, 1.807) is 0 Å². The molecule has 2 N–H and O–H groups in total. The third-order valence-electron chi connectivity index (χ3n) is 1.25. The highest BCUT2D eigenvalue weighted by Crippen LogP contribution is 2.09. The van der Waals surface area contributed by atoms with Gasteiger partial charge in [0.25, 0.3) is 0 Å². The summed E-state index contributed by atoms with van der Waals surface area (Å²) in [4.78, 5) is 18.8. The van der Waals surface area contributed by atoms with Gasteiger partial charge in [-0.05, 0) is 6.42 Å². The molecule has 0 rings (SSSR count). The maximum absolute atomic E-state index is 10.6. The van der Waals surface area contributed by atoms with E-state index in [0.29, 0.717) is 6.42 Å². The van der Waals surface area contributed by atoms with Crippen molar-refractivity contribution in [1.82, 2.24) is 0 Å². The predicted molar refractivity (Wildman–Crippen MR) is 42.2 cm³/mol. The average Bonchev–Trinajstić information content (AvgIpc) is 2.00. The highest BCUT2D eigenvalue weighted by molar-refractivity contribution is 7.25. The molecular weight excluding hydrogens is 167 g/mol. The molecule has 0 saturated heterocycles. The standard InChI is InChI=1S/C6H13O4P/c1-2-3-4-5(7)6(8)10-11-9/h5,7,9,11H,2-4H2,1H3. The second-order valence-corrected chi connectivity index (χ2v) is 2.56. The molecule has 0 heterocycles. The highest BCUT2D eigenvalue weighted by atomic mass is 31.1. The van der Waals surface area contributed by atoms with E-state index in [9.17, 15) is 4.79 Å². The summed E-state index contributed by atoms with van der Waals surface area (Å²) in [6, 6.07) is 0. The summed E-state index contributed by atoms with van der Waals surface area (Å²) >= 11 is 0. The Labute approximate surface area is 67.5 Å². The van der Waals surface area contributed by atoms with E-state index in [1.165, 1.54) is 0 Å². The van der Waals surface area contributed by atoms with Crippen molar-refractivity contribution in [2.75, 3.05) is 0 Å². The van der Waals surface area contributed by atoms with E-state index < -0.39 is 21.1 Å². The first-order valence-electron chi connectivity index (χ1n) is 3.50. The molecule has 0 bridgehead atoms. The van der Waals surface area contributed by atoms with Crippen LogP contribution in [0.2, 0.25) is 0 Å². The largest absolute Gasteiger partial charge is 0.418 e. The molecule has 4 nitrogen and oxygen atoms in total. The van der Waals surface area contributed by atoms with Gasteiger partial charge in [-0.1, -0.05) is 19.8 Å². The normalized spacial score (nSPS) is 13.7. The van der Waals surface area contributed by atoms with Crippen molar-refractivity contribution >= 4 is 15.0 Å². The minimum absolute atomic E-state index is 0.403. The lowest BCUT2D eigenvalue weighted by molar-refractivity contribution is -0.143. The molecule has 5 heteroatoms. The molecule has 0 aliphatic heterocycles. The molecule has 2 unspecified atom stereocenters. The van der Waals surface area contributed by atoms with Crippen molar-refractivity contribution in [3.63, 3.8) is 0 Å². The lowest BCUT2D eigenvalue weighted by Crippen LogP contribution is -2.20. The molecule has 0 amide bonds. The van der Waals surface area contributed by atoms with E-state index >= 15 is 0 Å². The Morgan fingerprint density at radius 3 is 2.82 bits per heavy atom. The molecule has 0 aromatic carbocycles. The molecule has 0 fully saturated rings. The average molecular weight is 180 g/mol. The maximum Gasteiger partial charge on any atom is 0.339 e. The van der Waals surface area contributed by atoms with Crippen molar-refractivity contribution in [3.8, 4) is 0 Å². The van der Waals surface area contributed by atoms with Gasteiger partial charge in [0, 0.05) is 0 Å². The number of carbonyl (C=O) groups is 1. The predicted octanol–water partition coefficient (Wildman–Crippen LogP) is 0.581. The molecule has 0 saturated carbocycles. The van der Waals surface area contributed by atoms with Gasteiger partial charge in [0.2, 0.25) is 9.03 Å². The van der Waals surface area contributed by atoms with Crippen LogP contribution >= 0.6 is 9.03 Å². The van der Waals surface area contributed by atoms with Crippen molar-refractivity contribution in [1.29, 1.82) is 0 Å². The Morgan fingerprint density at radius 2 is 2.36 bits per heavy atom. The summed E-state index contributed by atoms with van der Waals surface area (Å²) < 4.78 is 4.20. The van der Waals surface area contributed by atoms with E-state index in [4.69, 9.17) is 10.00 Å². The van der Waals surface area contributed by atoms with Crippen LogP contribution < -0.4 is 0 Å². The highest BCUT2D eigenvalue weighted by Gasteiger charge is 2.14. The van der Waals surface area contributed by atoms with Gasteiger partial charge in [-0.2, -0.15) is 0 Å². The zero-order valence-corrected chi connectivity index (χ0v) is 7.41. The van der Waals surface area contributed by atoms with Crippen LogP contribution in [0.5, 0.6) is 0 Å². The topological polar surface area (TPSA) is 66.8 Å². The fraction of sp³-hybridized carbons (Fsp3) is 0.833. The summed E-state index contributed by atoms with van der Waals surface area (Å²) in [6.07, 6.45) is 1.03. The third-order valence-corrected chi connectivity index (χ3v) is 1.54. The minimum Gasteiger partial charge on any atom is -0.418 e. The zero-order chi connectivity index (χ0) is 8.69. The minimum atomic E-state index is -1.07. The summed E-state index contributed by atoms with van der Waals surface area (Å²) in [7, 11) is -0.874. The summed E-state index contributed by atoms with van der Waals surface area (Å²) in [5, 5.41) is 9.00. The SMILES string of the molecule is CCCCC(O)C(=O)OPO. The molecule has 66 valence electrons. The lowest BCUT2D eigenvalue weighted by atomic mass is 10.2. The summed E-state index contributed by atoms with van der Waals surface area (Å²) in [6.45, 7) is 1.96. The number of hydrogen-bond acceptors (Lipinski definition) is 4. The van der Waals surface area contributed by atoms with Gasteiger partial charge < -0.3 is 14.5 Å². The van der Waals surface area contributed by atoms with E-state index in [-0.39, 0.29) is 0 Å². The van der Waals surface area contributed by atoms with Gasteiger partial charge >= 0.3 is 5.97 Å². The Kier molecular flexibility index (Phi) is 6.42. The molecule has 2 atom stereocenters. The first-order chi connectivity index (χ1) is 5.22. The first kappa shape index (κ1) is 10.8. The van der Waals surface area contributed by atoms with Gasteiger partial charge in [-0.15, -0.1) is 0 Å². The summed E-state index contributed by atoms with van der Waals surface area (Å²) in [5.74, 6) is -0.737. The van der Waals surface area contributed by atoms with Crippen LogP contribution in [0, 0.1) is 0 Å². The molecule has 0 aliphatic carbocycles. The Bertz CT molecular complexity index is 117. The zero-order valence-electron chi connectivity index (χ0n) is 6.41. The van der Waals surface area contributed by atoms with Crippen LogP contribution in [-0.4, -0.2) is 22.1 Å². The number of aliphatic hydroxyl groups is 1. The monoisotopic (exact) mass is 180 g/mol. The summed E-state index contributed by atoms with van der Waals surface area (Å²) in [5.41, 5.74) is 0. The van der Waals surface area contributed by atoms with Crippen molar-refractivity contribution in [3.05, 3.63) is 0 Å². The number of aliphatic hydroxyl groups excluding tert-OH is 1. The van der Waals surface area contributed by atoms with Crippen molar-refractivity contribution in [2.24, 2.45) is 0 Å². The van der Waals surface area contributed by atoms with Crippen molar-refractivity contribution < 1.29 is 19.3 Å². The molecule has 0 aromatic rings. The number of rotatable bonds is 5. The van der Waals surface area contributed by atoms with Crippen LogP contribution in [0.3, 0.4) is 0 Å². The Balaban J connectivity index is 3.46. The van der Waals surface area contributed by atoms with Crippen LogP contribution in [0.1, 0.15) is 26.2 Å². The smallest absolute Gasteiger partial charge is 0.339 e. The van der Waals surface area contributed by atoms with E-state index in [0.717, 1.165) is 12.8 Å². The van der Waals surface area contributed by atoms with Crippen LogP contribution in [0.4, 0.5) is 0 Å². The van der Waals surface area contributed by atoms with Gasteiger partial charge in [-0.3, -0.25) is 0 Å². The maximum atomic E-state index is 10.6. The Morgan fingerprint density at radius 1 is 1.73 bits per heavy atom. The molecule has 0 aliphatic rings. The number of unbranched alkanes of at least 4 members (excludes halogenated alkanes) is 1. The van der Waals surface area contributed by atoms with Crippen LogP contribution in [0.15, 0.2) is 0 Å². The van der Waals surface area contributed by atoms with Gasteiger partial charge in [0.1, 0.15) is 0 Å². The van der Waals surface area contributed by atoms with Crippen LogP contribution in [0.25, 0.3) is 0 Å². The molecule has 11 heavy (non-hydrogen) atoms. The van der Waals surface area contributed by atoms with E-state index in [1.807, 2.05) is 6.92 Å². The van der Waals surface area contributed by atoms with Gasteiger partial charge in [0.05, 0.1) is 0 Å². The van der Waals surface area contributed by atoms with E-state index in [2.05, 4.69) is 4.52 Å². The van der Waals surface area contributed by atoms with Crippen molar-refractivity contribution in [2.45, 2.75) is 32.3 Å². The number of carbonyl (C=O) groups excluding carboxylic acids is 1. The fourth-order valence-corrected chi connectivity index (χ4v) is 0.854. The molecule has 0 radical (unpaired) electrons. The second-order valence-electron chi connectivity index (χ2n) is 2.17. The lowest BCUT2D eigenvalue weighted by Gasteiger charge is -2.06. The molecular formula is C6H13O4P. The Hall–Kier alpha value is -0.180. The first-order valence-corrected chi connectivity index (χ1v) is 4.35.